The van der Waals surface area contributed by atoms with Gasteiger partial charge in [0.1, 0.15) is 19.3 Å². The number of hydrogen-bond acceptors (Lipinski definition) is 15. The zero-order chi connectivity index (χ0) is 69.4. The Hall–Kier alpha value is -2.46. The van der Waals surface area contributed by atoms with E-state index in [1.807, 2.05) is 0 Å². The molecule has 19 heteroatoms. The zero-order valence-corrected chi connectivity index (χ0v) is 62.7. The van der Waals surface area contributed by atoms with E-state index in [1.165, 1.54) is 141 Å². The molecular formula is C75H142O17P2. The summed E-state index contributed by atoms with van der Waals surface area (Å²) in [5.74, 6) is 0.145. The highest BCUT2D eigenvalue weighted by Crippen LogP contribution is 2.45. The van der Waals surface area contributed by atoms with Crippen LogP contribution in [0.5, 0.6) is 0 Å². The van der Waals surface area contributed by atoms with E-state index in [0.717, 1.165) is 133 Å². The molecule has 0 aliphatic rings. The average molecular weight is 1380 g/mol. The molecule has 17 nitrogen and oxygen atoms in total. The van der Waals surface area contributed by atoms with Crippen LogP contribution in [0.2, 0.25) is 0 Å². The molecule has 554 valence electrons. The molecule has 0 bridgehead atoms. The number of esters is 4. The lowest BCUT2D eigenvalue weighted by atomic mass is 9.99. The number of phosphoric ester groups is 2. The van der Waals surface area contributed by atoms with E-state index in [-0.39, 0.29) is 25.7 Å². The standard InChI is InChI=1S/C75H142O17P2/c1-8-11-12-13-14-15-16-17-18-22-25-28-35-44-51-58-74(79)91-70(62-85-72(77)56-49-42-34-31-30-32-39-46-53-66(4)5)64-89-93(81,82)87-60-69(76)61-88-94(83,84)90-65-71(63-86-73(78)57-50-43-38-37-41-48-55-68(7)10-3)92-75(80)59-52-45-36-29-26-23-20-19-21-24-27-33-40-47-54-67(6)9-2/h15-18,66-71,76H,8-14,19-65H2,1-7H3,(H,81,82)(H,83,84)/b16-15-,18-17-/t67?,68?,69-,70-,71-/m1/s1. The number of aliphatic hydroxyl groups is 1. The number of aliphatic hydroxyl groups excluding tert-OH is 1. The van der Waals surface area contributed by atoms with Gasteiger partial charge < -0.3 is 33.8 Å². The van der Waals surface area contributed by atoms with E-state index in [2.05, 4.69) is 72.8 Å². The zero-order valence-electron chi connectivity index (χ0n) is 60.9. The van der Waals surface area contributed by atoms with Gasteiger partial charge in [0, 0.05) is 25.7 Å². The lowest BCUT2D eigenvalue weighted by Crippen LogP contribution is -2.30. The van der Waals surface area contributed by atoms with Crippen molar-refractivity contribution in [2.24, 2.45) is 17.8 Å². The first-order valence-electron chi connectivity index (χ1n) is 38.2. The van der Waals surface area contributed by atoms with Crippen molar-refractivity contribution >= 4 is 39.5 Å². The summed E-state index contributed by atoms with van der Waals surface area (Å²) in [6, 6.07) is 0. The molecule has 0 saturated carbocycles. The van der Waals surface area contributed by atoms with Gasteiger partial charge in [-0.25, -0.2) is 9.13 Å². The molecule has 0 spiro atoms. The number of hydrogen-bond donors (Lipinski definition) is 3. The van der Waals surface area contributed by atoms with Gasteiger partial charge in [0.25, 0.3) is 0 Å². The Kier molecular flexibility index (Phi) is 63.5. The normalized spacial score (nSPS) is 14.8. The third kappa shape index (κ3) is 65.5. The van der Waals surface area contributed by atoms with Crippen LogP contribution in [-0.2, 0) is 65.4 Å². The molecule has 94 heavy (non-hydrogen) atoms. The van der Waals surface area contributed by atoms with E-state index in [0.29, 0.717) is 25.7 Å². The predicted molar refractivity (Wildman–Crippen MR) is 381 cm³/mol. The van der Waals surface area contributed by atoms with Crippen molar-refractivity contribution in [3.05, 3.63) is 24.3 Å². The van der Waals surface area contributed by atoms with E-state index >= 15 is 0 Å². The summed E-state index contributed by atoms with van der Waals surface area (Å²) in [5.41, 5.74) is 0. The van der Waals surface area contributed by atoms with E-state index in [9.17, 15) is 43.2 Å². The van der Waals surface area contributed by atoms with E-state index in [1.54, 1.807) is 0 Å². The predicted octanol–water partition coefficient (Wildman–Crippen LogP) is 21.3. The summed E-state index contributed by atoms with van der Waals surface area (Å²) >= 11 is 0. The highest BCUT2D eigenvalue weighted by atomic mass is 31.2. The van der Waals surface area contributed by atoms with Crippen LogP contribution in [0.1, 0.15) is 357 Å². The summed E-state index contributed by atoms with van der Waals surface area (Å²) in [6.45, 7) is 11.8. The first kappa shape index (κ1) is 91.5. The van der Waals surface area contributed by atoms with Crippen LogP contribution < -0.4 is 0 Å². The lowest BCUT2D eigenvalue weighted by molar-refractivity contribution is -0.161. The van der Waals surface area contributed by atoms with Crippen molar-refractivity contribution in [1.82, 2.24) is 0 Å². The number of carbonyl (C=O) groups is 4. The van der Waals surface area contributed by atoms with Gasteiger partial charge in [-0.1, -0.05) is 304 Å². The summed E-state index contributed by atoms with van der Waals surface area (Å²) in [7, 11) is -9.92. The van der Waals surface area contributed by atoms with Gasteiger partial charge >= 0.3 is 39.5 Å². The molecule has 0 aromatic heterocycles. The fourth-order valence-electron chi connectivity index (χ4n) is 10.8. The highest BCUT2D eigenvalue weighted by Gasteiger charge is 2.30. The topological polar surface area (TPSA) is 237 Å². The number of carbonyl (C=O) groups excluding carboxylic acids is 4. The maximum absolute atomic E-state index is 13.1. The minimum absolute atomic E-state index is 0.0841. The largest absolute Gasteiger partial charge is 0.472 e. The van der Waals surface area contributed by atoms with Gasteiger partial charge in [-0.3, -0.25) is 37.3 Å². The van der Waals surface area contributed by atoms with E-state index in [4.69, 9.17) is 37.0 Å². The number of rotatable bonds is 71. The minimum atomic E-state index is -4.96. The quantitative estimate of drug-likeness (QED) is 0.0169. The van der Waals surface area contributed by atoms with Gasteiger partial charge in [0.05, 0.1) is 26.4 Å². The summed E-state index contributed by atoms with van der Waals surface area (Å²) < 4.78 is 68.4. The van der Waals surface area contributed by atoms with Crippen LogP contribution in [0.15, 0.2) is 24.3 Å². The molecule has 0 radical (unpaired) electrons. The summed E-state index contributed by atoms with van der Waals surface area (Å²) in [4.78, 5) is 72.7. The van der Waals surface area contributed by atoms with Crippen molar-refractivity contribution in [2.75, 3.05) is 39.6 Å². The smallest absolute Gasteiger partial charge is 0.462 e. The van der Waals surface area contributed by atoms with Crippen LogP contribution >= 0.6 is 15.6 Å². The van der Waals surface area contributed by atoms with Crippen LogP contribution in [0, 0.1) is 17.8 Å². The van der Waals surface area contributed by atoms with Crippen LogP contribution in [0.25, 0.3) is 0 Å². The maximum Gasteiger partial charge on any atom is 0.472 e. The first-order valence-corrected chi connectivity index (χ1v) is 41.2. The van der Waals surface area contributed by atoms with Crippen molar-refractivity contribution in [2.45, 2.75) is 375 Å². The van der Waals surface area contributed by atoms with E-state index < -0.39 is 97.5 Å². The molecule has 0 saturated heterocycles. The van der Waals surface area contributed by atoms with Crippen LogP contribution in [0.3, 0.4) is 0 Å². The molecule has 0 aliphatic heterocycles. The SMILES string of the molecule is CCCCCC/C=C\C=C/CCCCCCCC(=O)O[C@H](COC(=O)CCCCCCCCCCC(C)C)COP(=O)(O)OC[C@@H](O)COP(=O)(O)OC[C@@H](COC(=O)CCCCCCCCC(C)CC)OC(=O)CCCCCCCCCCCCCCCCC(C)CC. The Morgan fingerprint density at radius 3 is 0.947 bits per heavy atom. The third-order valence-corrected chi connectivity index (χ3v) is 19.4. The molecule has 7 atom stereocenters. The monoisotopic (exact) mass is 1380 g/mol. The van der Waals surface area contributed by atoms with Crippen molar-refractivity contribution in [1.29, 1.82) is 0 Å². The highest BCUT2D eigenvalue weighted by molar-refractivity contribution is 7.47. The second-order valence-corrected chi connectivity index (χ2v) is 30.2. The molecule has 0 aromatic carbocycles. The Bertz CT molecular complexity index is 1930. The molecular weight excluding hydrogens is 1230 g/mol. The molecule has 0 aromatic rings. The maximum atomic E-state index is 13.1. The van der Waals surface area contributed by atoms with Crippen molar-refractivity contribution in [3.63, 3.8) is 0 Å². The van der Waals surface area contributed by atoms with Gasteiger partial charge in [0.15, 0.2) is 12.2 Å². The Morgan fingerprint density at radius 1 is 0.351 bits per heavy atom. The lowest BCUT2D eigenvalue weighted by Gasteiger charge is -2.21. The number of ether oxygens (including phenoxy) is 4. The van der Waals surface area contributed by atoms with Gasteiger partial charge in [-0.05, 0) is 69.1 Å². The molecule has 0 rings (SSSR count). The fraction of sp³-hybridized carbons (Fsp3) is 0.893. The fourth-order valence-corrected chi connectivity index (χ4v) is 12.4. The van der Waals surface area contributed by atoms with Gasteiger partial charge in [-0.15, -0.1) is 0 Å². The second kappa shape index (κ2) is 65.2. The minimum Gasteiger partial charge on any atom is -0.462 e. The number of unbranched alkanes of at least 4 members (excludes halogenated alkanes) is 34. The Labute approximate surface area is 573 Å². The molecule has 0 aliphatic carbocycles. The number of phosphoric acid groups is 2. The molecule has 0 amide bonds. The first-order chi connectivity index (χ1) is 45.3. The van der Waals surface area contributed by atoms with Crippen LogP contribution in [0.4, 0.5) is 0 Å². The third-order valence-electron chi connectivity index (χ3n) is 17.5. The molecule has 0 heterocycles. The molecule has 4 unspecified atom stereocenters. The van der Waals surface area contributed by atoms with Crippen LogP contribution in [-0.4, -0.2) is 96.7 Å². The summed E-state index contributed by atoms with van der Waals surface area (Å²) in [6.07, 6.45) is 53.5. The molecule has 3 N–H and O–H groups in total. The van der Waals surface area contributed by atoms with Gasteiger partial charge in [-0.2, -0.15) is 0 Å². The Balaban J connectivity index is 5.27. The van der Waals surface area contributed by atoms with Gasteiger partial charge in [0.2, 0.25) is 0 Å². The average Bonchev–Trinajstić information content (AvgIpc) is 1.30. The molecule has 0 fully saturated rings. The van der Waals surface area contributed by atoms with Crippen molar-refractivity contribution in [3.8, 4) is 0 Å². The number of allylic oxidation sites excluding steroid dienone is 4. The summed E-state index contributed by atoms with van der Waals surface area (Å²) in [5, 5.41) is 10.6. The second-order valence-electron chi connectivity index (χ2n) is 27.3. The van der Waals surface area contributed by atoms with Crippen molar-refractivity contribution < 1.29 is 80.2 Å². The Morgan fingerprint density at radius 2 is 0.628 bits per heavy atom.